The third kappa shape index (κ3) is 7.08. The van der Waals surface area contributed by atoms with Gasteiger partial charge in [-0.3, -0.25) is 0 Å². The molecule has 20 heteroatoms. The van der Waals surface area contributed by atoms with E-state index in [2.05, 4.69) is 0 Å². The summed E-state index contributed by atoms with van der Waals surface area (Å²) in [6, 6.07) is -1.65. The Labute approximate surface area is 152 Å². The molecule has 1 rings (SSSR count). The highest BCUT2D eigenvalue weighted by Gasteiger charge is 2.77. The summed E-state index contributed by atoms with van der Waals surface area (Å²) in [6.45, 7) is 0. The first kappa shape index (κ1) is 25.5. The lowest BCUT2D eigenvalue weighted by Crippen LogP contribution is -2.19. The maximum absolute atomic E-state index is 13.0. The number of alkyl halides is 6. The van der Waals surface area contributed by atoms with Crippen molar-refractivity contribution in [3.8, 4) is 0 Å². The number of thioether (sulfide) groups is 2. The van der Waals surface area contributed by atoms with Gasteiger partial charge in [0.05, 0.1) is 0 Å². The van der Waals surface area contributed by atoms with Crippen LogP contribution in [0.15, 0.2) is 31.7 Å². The molecule has 0 aliphatic carbocycles. The SMILES string of the molecule is FC(F)(F)Sc1ccc(SC(F)(F)F)c(S(F)(F)(F)(F)F)c1S(F)(F)(F)(F)F. The summed E-state index contributed by atoms with van der Waals surface area (Å²) < 4.78 is 204. The van der Waals surface area contributed by atoms with Gasteiger partial charge in [-0.15, -0.1) is 0 Å². The molecule has 0 aliphatic heterocycles. The van der Waals surface area contributed by atoms with Gasteiger partial charge in [0.15, 0.2) is 0 Å². The predicted molar refractivity (Wildman–Crippen MR) is 73.1 cm³/mol. The van der Waals surface area contributed by atoms with Crippen molar-refractivity contribution in [1.82, 2.24) is 0 Å². The van der Waals surface area contributed by atoms with Gasteiger partial charge in [0.25, 0.3) is 0 Å². The topological polar surface area (TPSA) is 0 Å². The fourth-order valence-corrected chi connectivity index (χ4v) is 6.91. The molecule has 170 valence electrons. The lowest BCUT2D eigenvalue weighted by Gasteiger charge is -2.49. The lowest BCUT2D eigenvalue weighted by molar-refractivity contribution is -0.0340. The van der Waals surface area contributed by atoms with E-state index in [0.717, 1.165) is 0 Å². The zero-order valence-electron chi connectivity index (χ0n) is 11.8. The number of rotatable bonds is 4. The number of benzene rings is 1. The van der Waals surface area contributed by atoms with Crippen LogP contribution in [-0.2, 0) is 0 Å². The summed E-state index contributed by atoms with van der Waals surface area (Å²) in [6.07, 6.45) is 0. The minimum Gasteiger partial charge on any atom is -0.160 e. The van der Waals surface area contributed by atoms with Crippen molar-refractivity contribution in [1.29, 1.82) is 0 Å². The normalized spacial score (nSPS) is 19.4. The monoisotopic (exact) mass is 530 g/mol. The molecule has 0 spiro atoms. The molecule has 0 heterocycles. The molecule has 0 fully saturated rings. The smallest absolute Gasteiger partial charge is 0.160 e. The molecule has 0 radical (unpaired) electrons. The van der Waals surface area contributed by atoms with E-state index in [0.29, 0.717) is 0 Å². The molecule has 1 aromatic carbocycles. The van der Waals surface area contributed by atoms with Crippen LogP contribution in [0.3, 0.4) is 0 Å². The molecule has 0 aromatic heterocycles. The van der Waals surface area contributed by atoms with Crippen LogP contribution in [0.5, 0.6) is 0 Å². The van der Waals surface area contributed by atoms with E-state index in [1.807, 2.05) is 0 Å². The molecular weight excluding hydrogens is 528 g/mol. The van der Waals surface area contributed by atoms with Crippen LogP contribution in [0.4, 0.5) is 65.2 Å². The van der Waals surface area contributed by atoms with E-state index in [1.54, 1.807) is 0 Å². The standard InChI is InChI=1S/C8H2F16S4/c9-7(10,11)25-3-1-2-4(26-8(12,13)14)6(28(20,21,22,23)24)5(3)27(15,16,17,18)19/h1-2H. The molecule has 0 amide bonds. The Morgan fingerprint density at radius 2 is 0.714 bits per heavy atom. The lowest BCUT2D eigenvalue weighted by atomic mass is 10.3. The molecule has 0 aliphatic rings. The van der Waals surface area contributed by atoms with Gasteiger partial charge in [-0.1, -0.05) is 38.9 Å². The minimum absolute atomic E-state index is 0.827. The van der Waals surface area contributed by atoms with Crippen molar-refractivity contribution in [2.45, 2.75) is 30.6 Å². The summed E-state index contributed by atoms with van der Waals surface area (Å²) >= 11 is -4.54. The van der Waals surface area contributed by atoms with Crippen molar-refractivity contribution in [2.75, 3.05) is 0 Å². The van der Waals surface area contributed by atoms with Crippen molar-refractivity contribution in [2.24, 2.45) is 0 Å². The third-order valence-electron chi connectivity index (χ3n) is 2.26. The zero-order chi connectivity index (χ0) is 23.0. The highest BCUT2D eigenvalue weighted by molar-refractivity contribution is 8.48. The van der Waals surface area contributed by atoms with Crippen LogP contribution < -0.4 is 0 Å². The van der Waals surface area contributed by atoms with E-state index in [9.17, 15) is 65.2 Å². The molecule has 28 heavy (non-hydrogen) atoms. The molecule has 0 saturated heterocycles. The van der Waals surface area contributed by atoms with Gasteiger partial charge < -0.3 is 0 Å². The summed E-state index contributed by atoms with van der Waals surface area (Å²) in [7, 11) is -24.1. The highest BCUT2D eigenvalue weighted by atomic mass is 32.5. The Kier molecular flexibility index (Phi) is 4.75. The van der Waals surface area contributed by atoms with E-state index in [1.165, 1.54) is 0 Å². The molecule has 0 nitrogen and oxygen atoms in total. The van der Waals surface area contributed by atoms with Crippen LogP contribution >= 0.6 is 44.0 Å². The second-order valence-corrected chi connectivity index (χ2v) is 11.7. The van der Waals surface area contributed by atoms with Gasteiger partial charge in [0, 0.05) is 9.79 Å². The zero-order valence-corrected chi connectivity index (χ0v) is 15.1. The number of halogens is 16. The minimum atomic E-state index is -12.0. The van der Waals surface area contributed by atoms with Crippen molar-refractivity contribution in [3.63, 3.8) is 0 Å². The van der Waals surface area contributed by atoms with E-state index in [-0.39, 0.29) is 0 Å². The Hall–Kier alpha value is -0.500. The summed E-state index contributed by atoms with van der Waals surface area (Å²) in [5, 5.41) is 0. The number of hydrogen-bond acceptors (Lipinski definition) is 2. The van der Waals surface area contributed by atoms with Crippen LogP contribution in [0.2, 0.25) is 0 Å². The van der Waals surface area contributed by atoms with Crippen molar-refractivity contribution in [3.05, 3.63) is 12.1 Å². The van der Waals surface area contributed by atoms with Gasteiger partial charge >= 0.3 is 31.5 Å². The second kappa shape index (κ2) is 5.21. The first-order valence-corrected chi connectivity index (χ1v) is 11.1. The average molecular weight is 530 g/mol. The molecule has 0 saturated carbocycles. The second-order valence-electron chi connectivity index (χ2n) is 4.75. The van der Waals surface area contributed by atoms with E-state index >= 15 is 0 Å². The first-order valence-electron chi connectivity index (χ1n) is 5.56. The van der Waals surface area contributed by atoms with Crippen LogP contribution in [-0.4, -0.2) is 11.0 Å². The largest absolute Gasteiger partial charge is 0.446 e. The Morgan fingerprint density at radius 3 is 0.857 bits per heavy atom. The summed E-state index contributed by atoms with van der Waals surface area (Å²) in [4.78, 5) is -15.7. The van der Waals surface area contributed by atoms with Gasteiger partial charge in [-0.2, -0.15) is 26.3 Å². The third-order valence-corrected chi connectivity index (χ3v) is 6.62. The van der Waals surface area contributed by atoms with Gasteiger partial charge in [-0.05, 0) is 35.7 Å². The maximum atomic E-state index is 13.0. The Morgan fingerprint density at radius 1 is 0.500 bits per heavy atom. The van der Waals surface area contributed by atoms with Gasteiger partial charge in [-0.25, -0.2) is 0 Å². The first-order chi connectivity index (χ1) is 11.4. The van der Waals surface area contributed by atoms with Crippen LogP contribution in [0.1, 0.15) is 0 Å². The number of hydrogen-bond donors (Lipinski definition) is 0. The summed E-state index contributed by atoms with van der Waals surface area (Å²) in [5.74, 6) is 0. The average Bonchev–Trinajstić information content (AvgIpc) is 2.19. The molecule has 1 aromatic rings. The molecular formula is C8H2F16S4. The molecule has 0 bridgehead atoms. The van der Waals surface area contributed by atoms with Crippen molar-refractivity contribution < 1.29 is 65.2 Å². The van der Waals surface area contributed by atoms with Crippen molar-refractivity contribution >= 4 is 44.0 Å². The van der Waals surface area contributed by atoms with E-state index < -0.39 is 86.7 Å². The maximum Gasteiger partial charge on any atom is 0.446 e. The van der Waals surface area contributed by atoms with Crippen LogP contribution in [0, 0.1) is 0 Å². The quantitative estimate of drug-likeness (QED) is 0.281. The van der Waals surface area contributed by atoms with Gasteiger partial charge in [0.1, 0.15) is 9.79 Å². The van der Waals surface area contributed by atoms with Crippen LogP contribution in [0.25, 0.3) is 0 Å². The fourth-order valence-electron chi connectivity index (χ4n) is 1.67. The highest BCUT2D eigenvalue weighted by Crippen LogP contribution is 3.10. The Bertz CT molecular complexity index is 724. The molecule has 0 unspecified atom stereocenters. The fraction of sp³-hybridized carbons (Fsp3) is 0.250. The molecule has 0 N–H and O–H groups in total. The summed E-state index contributed by atoms with van der Waals surface area (Å²) in [5.41, 5.74) is -12.0. The Balaban J connectivity index is 4.30. The molecule has 0 atom stereocenters. The van der Waals surface area contributed by atoms with Gasteiger partial charge in [0.2, 0.25) is 0 Å². The van der Waals surface area contributed by atoms with E-state index in [4.69, 9.17) is 0 Å². The predicted octanol–water partition coefficient (Wildman–Crippen LogP) is 10.2.